The van der Waals surface area contributed by atoms with Crippen LogP contribution in [0, 0.1) is 13.3 Å². The highest BCUT2D eigenvalue weighted by Gasteiger charge is 2.09. The van der Waals surface area contributed by atoms with Crippen molar-refractivity contribution in [3.05, 3.63) is 47.4 Å². The van der Waals surface area contributed by atoms with Gasteiger partial charge in [0.05, 0.1) is 0 Å². The van der Waals surface area contributed by atoms with Gasteiger partial charge < -0.3 is 0 Å². The highest BCUT2D eigenvalue weighted by Crippen LogP contribution is 2.28. The molecule has 0 heterocycles. The van der Waals surface area contributed by atoms with Crippen molar-refractivity contribution < 1.29 is 0 Å². The summed E-state index contributed by atoms with van der Waals surface area (Å²) in [7, 11) is 0. The second-order valence-electron chi connectivity index (χ2n) is 3.11. The zero-order chi connectivity index (χ0) is 7.84. The van der Waals surface area contributed by atoms with E-state index >= 15 is 0 Å². The maximum Gasteiger partial charge on any atom is 0.0134 e. The fourth-order valence-electron chi connectivity index (χ4n) is 1.48. The van der Waals surface area contributed by atoms with Crippen LogP contribution in [0.5, 0.6) is 0 Å². The van der Waals surface area contributed by atoms with Crippen LogP contribution in [0.4, 0.5) is 0 Å². The summed E-state index contributed by atoms with van der Waals surface area (Å²) in [6.07, 6.45) is 4.35. The van der Waals surface area contributed by atoms with E-state index in [1.165, 1.54) is 22.3 Å². The van der Waals surface area contributed by atoms with Gasteiger partial charge in [-0.15, -0.1) is 0 Å². The highest BCUT2D eigenvalue weighted by atomic mass is 14.1. The molecule has 11 heavy (non-hydrogen) atoms. The molecule has 2 rings (SSSR count). The molecule has 0 atom stereocenters. The van der Waals surface area contributed by atoms with Gasteiger partial charge in [-0.05, 0) is 30.5 Å². The number of fused-ring (bicyclic) bond motifs is 1. The van der Waals surface area contributed by atoms with Gasteiger partial charge in [-0.3, -0.25) is 0 Å². The molecular formula is C11H11. The van der Waals surface area contributed by atoms with Crippen LogP contribution in [0.15, 0.2) is 24.3 Å². The van der Waals surface area contributed by atoms with E-state index in [2.05, 4.69) is 44.5 Å². The van der Waals surface area contributed by atoms with Gasteiger partial charge in [0.2, 0.25) is 0 Å². The molecule has 0 bridgehead atoms. The smallest absolute Gasteiger partial charge is 0.0134 e. The molecule has 0 aliphatic heterocycles. The van der Waals surface area contributed by atoms with Crippen LogP contribution in [-0.2, 0) is 0 Å². The Labute approximate surface area is 67.6 Å². The zero-order valence-electron chi connectivity index (χ0n) is 6.89. The van der Waals surface area contributed by atoms with Crippen LogP contribution < -0.4 is 0 Å². The van der Waals surface area contributed by atoms with Crippen LogP contribution in [-0.4, -0.2) is 0 Å². The number of hydrogen-bond donors (Lipinski definition) is 0. The molecule has 0 unspecified atom stereocenters. The number of benzene rings is 1. The van der Waals surface area contributed by atoms with Gasteiger partial charge in [0.15, 0.2) is 0 Å². The first kappa shape index (κ1) is 6.66. The second-order valence-corrected chi connectivity index (χ2v) is 3.11. The third-order valence-corrected chi connectivity index (χ3v) is 2.14. The largest absolute Gasteiger partial charge is 0.0725 e. The topological polar surface area (TPSA) is 0 Å². The third kappa shape index (κ3) is 0.988. The Kier molecular flexibility index (Phi) is 1.35. The van der Waals surface area contributed by atoms with Crippen LogP contribution in [0.1, 0.15) is 23.6 Å². The predicted octanol–water partition coefficient (Wildman–Crippen LogP) is 2.96. The Morgan fingerprint density at radius 2 is 1.91 bits per heavy atom. The van der Waals surface area contributed by atoms with Crippen LogP contribution in [0.2, 0.25) is 0 Å². The predicted molar refractivity (Wildman–Crippen MR) is 48.2 cm³/mol. The lowest BCUT2D eigenvalue weighted by Crippen LogP contribution is -1.82. The maximum absolute atomic E-state index is 2.22. The van der Waals surface area contributed by atoms with E-state index in [-0.39, 0.29) is 0 Å². The number of hydrogen-bond acceptors (Lipinski definition) is 0. The summed E-state index contributed by atoms with van der Waals surface area (Å²) in [5.41, 5.74) is 5.46. The molecule has 1 radical (unpaired) electrons. The van der Waals surface area contributed by atoms with Crippen molar-refractivity contribution in [1.29, 1.82) is 0 Å². The Morgan fingerprint density at radius 3 is 2.73 bits per heavy atom. The monoisotopic (exact) mass is 143 g/mol. The summed E-state index contributed by atoms with van der Waals surface area (Å²) in [6.45, 7) is 4.28. The van der Waals surface area contributed by atoms with E-state index in [1.807, 2.05) is 0 Å². The fraction of sp³-hybridized carbons (Fsp3) is 0.182. The summed E-state index contributed by atoms with van der Waals surface area (Å²) in [4.78, 5) is 0. The van der Waals surface area contributed by atoms with Gasteiger partial charge in [-0.25, -0.2) is 0 Å². The molecule has 0 heteroatoms. The van der Waals surface area contributed by atoms with Gasteiger partial charge in [0.25, 0.3) is 0 Å². The summed E-state index contributed by atoms with van der Waals surface area (Å²) in [5.74, 6) is 0. The van der Waals surface area contributed by atoms with E-state index in [9.17, 15) is 0 Å². The van der Waals surface area contributed by atoms with Crippen molar-refractivity contribution in [3.8, 4) is 0 Å². The van der Waals surface area contributed by atoms with Crippen molar-refractivity contribution in [1.82, 2.24) is 0 Å². The summed E-state index contributed by atoms with van der Waals surface area (Å²) < 4.78 is 0. The molecule has 1 aromatic carbocycles. The third-order valence-electron chi connectivity index (χ3n) is 2.14. The number of aryl methyl sites for hydroxylation is 1. The molecular weight excluding hydrogens is 132 g/mol. The van der Waals surface area contributed by atoms with Gasteiger partial charge in [0, 0.05) is 6.42 Å². The zero-order valence-corrected chi connectivity index (χ0v) is 6.89. The molecule has 0 aromatic heterocycles. The Hall–Kier alpha value is -1.04. The normalized spacial score (nSPS) is 14.5. The molecule has 1 aliphatic carbocycles. The van der Waals surface area contributed by atoms with E-state index < -0.39 is 0 Å². The summed E-state index contributed by atoms with van der Waals surface area (Å²) in [5, 5.41) is 0. The van der Waals surface area contributed by atoms with Crippen LogP contribution in [0.25, 0.3) is 5.57 Å². The van der Waals surface area contributed by atoms with Crippen molar-refractivity contribution in [2.24, 2.45) is 0 Å². The Bertz CT molecular complexity index is 319. The minimum Gasteiger partial charge on any atom is -0.0725 e. The first-order chi connectivity index (χ1) is 5.27. The molecule has 0 saturated heterocycles. The highest BCUT2D eigenvalue weighted by molar-refractivity contribution is 5.75. The van der Waals surface area contributed by atoms with E-state index in [1.54, 1.807) is 0 Å². The quantitative estimate of drug-likeness (QED) is 0.523. The fourth-order valence-corrected chi connectivity index (χ4v) is 1.48. The van der Waals surface area contributed by atoms with Crippen molar-refractivity contribution >= 4 is 5.57 Å². The summed E-state index contributed by atoms with van der Waals surface area (Å²) >= 11 is 0. The lowest BCUT2D eigenvalue weighted by molar-refractivity contribution is 1.41. The van der Waals surface area contributed by atoms with Gasteiger partial charge in [-0.2, -0.15) is 0 Å². The molecule has 0 saturated carbocycles. The van der Waals surface area contributed by atoms with Gasteiger partial charge in [0.1, 0.15) is 0 Å². The number of rotatable bonds is 0. The van der Waals surface area contributed by atoms with Gasteiger partial charge >= 0.3 is 0 Å². The average molecular weight is 143 g/mol. The lowest BCUT2D eigenvalue weighted by Gasteiger charge is -2.01. The summed E-state index contributed by atoms with van der Waals surface area (Å²) in [6, 6.07) is 6.58. The van der Waals surface area contributed by atoms with Crippen molar-refractivity contribution in [2.45, 2.75) is 13.8 Å². The molecule has 1 aromatic rings. The maximum atomic E-state index is 2.22. The first-order valence-corrected chi connectivity index (χ1v) is 3.90. The standard InChI is InChI=1S/C11H11/c1-8-3-6-11-9(2)4-5-10(11)7-8/h3-7H,1-2H3. The van der Waals surface area contributed by atoms with Crippen LogP contribution >= 0.6 is 0 Å². The molecule has 0 fully saturated rings. The molecule has 55 valence electrons. The lowest BCUT2D eigenvalue weighted by atomic mass is 10.0. The second kappa shape index (κ2) is 2.23. The van der Waals surface area contributed by atoms with E-state index in [0.717, 1.165) is 0 Å². The van der Waals surface area contributed by atoms with Crippen LogP contribution in [0.3, 0.4) is 0 Å². The Balaban J connectivity index is 2.58. The van der Waals surface area contributed by atoms with Crippen molar-refractivity contribution in [3.63, 3.8) is 0 Å². The van der Waals surface area contributed by atoms with Crippen molar-refractivity contribution in [2.75, 3.05) is 0 Å². The number of allylic oxidation sites excluding steroid dienone is 2. The molecule has 0 spiro atoms. The molecule has 1 aliphatic rings. The SMILES string of the molecule is CC1=C[CH]c2cc(C)ccc21. The van der Waals surface area contributed by atoms with E-state index in [0.29, 0.717) is 0 Å². The average Bonchev–Trinajstić information content (AvgIpc) is 2.32. The molecule has 0 nitrogen and oxygen atoms in total. The molecule has 0 amide bonds. The van der Waals surface area contributed by atoms with E-state index in [4.69, 9.17) is 0 Å². The minimum absolute atomic E-state index is 1.34. The minimum atomic E-state index is 1.34. The first-order valence-electron chi connectivity index (χ1n) is 3.90. The van der Waals surface area contributed by atoms with Gasteiger partial charge in [-0.1, -0.05) is 29.8 Å². The molecule has 0 N–H and O–H groups in total. The Morgan fingerprint density at radius 1 is 1.09 bits per heavy atom.